The minimum Gasteiger partial charge on any atom is -0.310 e. The van der Waals surface area contributed by atoms with Gasteiger partial charge >= 0.3 is 0 Å². The second-order valence-corrected chi connectivity index (χ2v) is 9.08. The maximum Gasteiger partial charge on any atom is 0.0540 e. The summed E-state index contributed by atoms with van der Waals surface area (Å²) in [6.07, 6.45) is 0.955. The molecule has 0 unspecified atom stereocenters. The quantitative estimate of drug-likeness (QED) is 0.239. The van der Waals surface area contributed by atoms with E-state index in [0.29, 0.717) is 0 Å². The van der Waals surface area contributed by atoms with Crippen molar-refractivity contribution >= 4 is 27.8 Å². The van der Waals surface area contributed by atoms with Gasteiger partial charge in [0.2, 0.25) is 0 Å². The van der Waals surface area contributed by atoms with E-state index < -0.39 is 0 Å². The van der Waals surface area contributed by atoms with Crippen LogP contribution in [0.4, 0.5) is 17.1 Å². The van der Waals surface area contributed by atoms with Crippen LogP contribution in [0.2, 0.25) is 0 Å². The molecule has 0 saturated carbocycles. The normalized spacial score (nSPS) is 10.9. The summed E-state index contributed by atoms with van der Waals surface area (Å²) in [5.74, 6) is 0. The van der Waals surface area contributed by atoms with Gasteiger partial charge in [0.15, 0.2) is 0 Å². The van der Waals surface area contributed by atoms with Crippen molar-refractivity contribution in [3.05, 3.63) is 163 Å². The molecule has 0 aliphatic heterocycles. The topological polar surface area (TPSA) is 3.24 Å². The predicted octanol–water partition coefficient (Wildman–Crippen LogP) is 9.57. The Morgan fingerprint density at radius 2 is 0.917 bits per heavy atom. The average Bonchev–Trinajstić information content (AvgIpc) is 2.95. The molecule has 0 aromatic heterocycles. The van der Waals surface area contributed by atoms with Gasteiger partial charge in [-0.1, -0.05) is 121 Å². The molecule has 0 N–H and O–H groups in total. The number of fused-ring (bicyclic) bond motifs is 1. The Kier molecular flexibility index (Phi) is 6.04. The molecular weight excluding hydrogens is 434 g/mol. The molecule has 0 aliphatic rings. The summed E-state index contributed by atoms with van der Waals surface area (Å²) in [6, 6.07) is 54.1. The van der Waals surface area contributed by atoms with Crippen molar-refractivity contribution in [2.75, 3.05) is 4.90 Å². The summed E-state index contributed by atoms with van der Waals surface area (Å²) < 4.78 is 0. The molecule has 0 saturated heterocycles. The third-order valence-electron chi connectivity index (χ3n) is 6.69. The van der Waals surface area contributed by atoms with Crippen molar-refractivity contribution in [2.45, 2.75) is 6.42 Å². The van der Waals surface area contributed by atoms with Gasteiger partial charge in [0.05, 0.1) is 5.69 Å². The largest absolute Gasteiger partial charge is 0.310 e. The molecule has 0 radical (unpaired) electrons. The number of rotatable bonds is 6. The van der Waals surface area contributed by atoms with E-state index >= 15 is 0 Å². The van der Waals surface area contributed by atoms with Crippen molar-refractivity contribution in [1.29, 1.82) is 0 Å². The highest BCUT2D eigenvalue weighted by Gasteiger charge is 2.15. The van der Waals surface area contributed by atoms with Crippen LogP contribution in [0.15, 0.2) is 152 Å². The van der Waals surface area contributed by atoms with Crippen LogP contribution in [-0.4, -0.2) is 0 Å². The average molecular weight is 462 g/mol. The van der Waals surface area contributed by atoms with E-state index in [1.165, 1.54) is 38.7 Å². The van der Waals surface area contributed by atoms with Gasteiger partial charge in [0.25, 0.3) is 0 Å². The van der Waals surface area contributed by atoms with E-state index in [4.69, 9.17) is 0 Å². The second-order valence-electron chi connectivity index (χ2n) is 9.08. The maximum absolute atomic E-state index is 2.34. The van der Waals surface area contributed by atoms with Gasteiger partial charge in [-0.2, -0.15) is 0 Å². The molecule has 0 amide bonds. The van der Waals surface area contributed by atoms with E-state index in [2.05, 4.69) is 157 Å². The Hall–Kier alpha value is -4.62. The molecule has 0 aliphatic carbocycles. The fourth-order valence-corrected chi connectivity index (χ4v) is 4.86. The van der Waals surface area contributed by atoms with E-state index in [0.717, 1.165) is 17.8 Å². The Morgan fingerprint density at radius 1 is 0.389 bits per heavy atom. The lowest BCUT2D eigenvalue weighted by Crippen LogP contribution is -2.10. The van der Waals surface area contributed by atoms with Crippen molar-refractivity contribution in [3.8, 4) is 11.1 Å². The molecule has 36 heavy (non-hydrogen) atoms. The number of para-hydroxylation sites is 1. The monoisotopic (exact) mass is 461 g/mol. The van der Waals surface area contributed by atoms with Crippen molar-refractivity contribution in [1.82, 2.24) is 0 Å². The van der Waals surface area contributed by atoms with Crippen LogP contribution in [-0.2, 0) is 6.42 Å². The zero-order valence-corrected chi connectivity index (χ0v) is 20.1. The smallest absolute Gasteiger partial charge is 0.0540 e. The number of hydrogen-bond donors (Lipinski definition) is 0. The molecule has 0 heterocycles. The Morgan fingerprint density at radius 3 is 1.64 bits per heavy atom. The Labute approximate surface area is 212 Å². The second kappa shape index (κ2) is 9.93. The van der Waals surface area contributed by atoms with Gasteiger partial charge in [-0.05, 0) is 64.4 Å². The third-order valence-corrected chi connectivity index (χ3v) is 6.69. The van der Waals surface area contributed by atoms with Crippen LogP contribution in [0.1, 0.15) is 11.1 Å². The van der Waals surface area contributed by atoms with Crippen LogP contribution in [0.25, 0.3) is 21.9 Å². The van der Waals surface area contributed by atoms with E-state index in [1.54, 1.807) is 0 Å². The van der Waals surface area contributed by atoms with E-state index in [-0.39, 0.29) is 0 Å². The summed E-state index contributed by atoms with van der Waals surface area (Å²) in [4.78, 5) is 2.34. The van der Waals surface area contributed by atoms with Gasteiger partial charge in [-0.3, -0.25) is 0 Å². The minimum absolute atomic E-state index is 0.955. The molecule has 6 rings (SSSR count). The molecule has 1 nitrogen and oxygen atoms in total. The molecule has 0 spiro atoms. The van der Waals surface area contributed by atoms with Crippen LogP contribution in [0.5, 0.6) is 0 Å². The first kappa shape index (κ1) is 21.9. The fraction of sp³-hybridized carbons (Fsp3) is 0.0286. The molecule has 6 aromatic rings. The Bertz CT molecular complexity index is 1560. The first-order valence-corrected chi connectivity index (χ1v) is 12.4. The minimum atomic E-state index is 0.955. The van der Waals surface area contributed by atoms with Crippen LogP contribution in [0.3, 0.4) is 0 Å². The highest BCUT2D eigenvalue weighted by atomic mass is 15.1. The third kappa shape index (κ3) is 4.52. The molecular formula is C35H27N. The summed E-state index contributed by atoms with van der Waals surface area (Å²) in [6.45, 7) is 0. The van der Waals surface area contributed by atoms with Gasteiger partial charge < -0.3 is 4.90 Å². The lowest BCUT2D eigenvalue weighted by atomic mass is 10.00. The fourth-order valence-electron chi connectivity index (χ4n) is 4.86. The number of anilines is 3. The van der Waals surface area contributed by atoms with Crippen LogP contribution >= 0.6 is 0 Å². The molecule has 1 heteroatoms. The number of nitrogens with zero attached hydrogens (tertiary/aromatic N) is 1. The molecule has 172 valence electrons. The zero-order valence-electron chi connectivity index (χ0n) is 20.1. The lowest BCUT2D eigenvalue weighted by Gasteiger charge is -2.27. The van der Waals surface area contributed by atoms with Gasteiger partial charge in [-0.25, -0.2) is 0 Å². The van der Waals surface area contributed by atoms with E-state index in [1.807, 2.05) is 0 Å². The van der Waals surface area contributed by atoms with Crippen molar-refractivity contribution in [3.63, 3.8) is 0 Å². The summed E-state index contributed by atoms with van der Waals surface area (Å²) in [5, 5.41) is 2.48. The lowest BCUT2D eigenvalue weighted by molar-refractivity contribution is 1.19. The van der Waals surface area contributed by atoms with Crippen molar-refractivity contribution in [2.24, 2.45) is 0 Å². The highest BCUT2D eigenvalue weighted by Crippen LogP contribution is 2.39. The van der Waals surface area contributed by atoms with Gasteiger partial charge in [0.1, 0.15) is 0 Å². The maximum atomic E-state index is 2.34. The standard InChI is InChI=1S/C35H27N/c1-3-10-27(11-4-1)26-28-18-20-29(21-19-28)30-22-24-33(25-23-30)36(32-14-5-2-6-15-32)35-17-9-13-31-12-7-8-16-34(31)35/h1-25H,26H2. The van der Waals surface area contributed by atoms with E-state index in [9.17, 15) is 0 Å². The molecule has 0 atom stereocenters. The van der Waals surface area contributed by atoms with Gasteiger partial charge in [0, 0.05) is 16.8 Å². The molecule has 6 aromatic carbocycles. The summed E-state index contributed by atoms with van der Waals surface area (Å²) in [7, 11) is 0. The SMILES string of the molecule is c1ccc(Cc2ccc(-c3ccc(N(c4ccccc4)c4cccc5ccccc45)cc3)cc2)cc1. The first-order valence-electron chi connectivity index (χ1n) is 12.4. The van der Waals surface area contributed by atoms with Crippen LogP contribution < -0.4 is 4.90 Å². The van der Waals surface area contributed by atoms with Crippen molar-refractivity contribution < 1.29 is 0 Å². The number of benzene rings is 6. The van der Waals surface area contributed by atoms with Gasteiger partial charge in [-0.15, -0.1) is 0 Å². The first-order chi connectivity index (χ1) is 17.8. The molecule has 0 bridgehead atoms. The summed E-state index contributed by atoms with van der Waals surface area (Å²) in [5.41, 5.74) is 8.58. The summed E-state index contributed by atoms with van der Waals surface area (Å²) >= 11 is 0. The highest BCUT2D eigenvalue weighted by molar-refractivity contribution is 5.98. The Balaban J connectivity index is 1.33. The predicted molar refractivity (Wildman–Crippen MR) is 153 cm³/mol. The molecule has 0 fully saturated rings. The number of hydrogen-bond acceptors (Lipinski definition) is 1. The van der Waals surface area contributed by atoms with Crippen LogP contribution in [0, 0.1) is 0 Å². The zero-order chi connectivity index (χ0) is 24.2.